The fourth-order valence-electron chi connectivity index (χ4n) is 1.78. The molecule has 1 aromatic heterocycles. The number of halogens is 1. The first-order valence-electron chi connectivity index (χ1n) is 6.43. The van der Waals surface area contributed by atoms with Crippen LogP contribution in [0.1, 0.15) is 45.1 Å². The van der Waals surface area contributed by atoms with Crippen LogP contribution in [0.15, 0.2) is 22.9 Å². The van der Waals surface area contributed by atoms with Crippen LogP contribution in [-0.2, 0) is 11.3 Å². The van der Waals surface area contributed by atoms with Gasteiger partial charge in [0, 0.05) is 23.5 Å². The highest BCUT2D eigenvalue weighted by Gasteiger charge is 2.06. The van der Waals surface area contributed by atoms with Gasteiger partial charge in [0.25, 0.3) is 0 Å². The Hall–Kier alpha value is -0.410. The van der Waals surface area contributed by atoms with E-state index in [4.69, 9.17) is 4.74 Å². The summed E-state index contributed by atoms with van der Waals surface area (Å²) >= 11 is 3.41. The highest BCUT2D eigenvalue weighted by atomic mass is 79.9. The van der Waals surface area contributed by atoms with Gasteiger partial charge in [-0.1, -0.05) is 33.1 Å². The lowest BCUT2D eigenvalue weighted by Gasteiger charge is -2.14. The van der Waals surface area contributed by atoms with Crippen LogP contribution in [-0.4, -0.2) is 11.6 Å². The van der Waals surface area contributed by atoms with Crippen LogP contribution < -0.4 is 0 Å². The Labute approximate surface area is 113 Å². The van der Waals surface area contributed by atoms with Crippen molar-refractivity contribution in [3.8, 4) is 0 Å². The summed E-state index contributed by atoms with van der Waals surface area (Å²) < 4.78 is 6.77. The molecule has 0 aliphatic rings. The van der Waals surface area contributed by atoms with Gasteiger partial charge >= 0.3 is 0 Å². The van der Waals surface area contributed by atoms with Crippen LogP contribution in [0.25, 0.3) is 0 Å². The first kappa shape index (κ1) is 14.7. The number of rotatable bonds is 8. The number of hydrogen-bond donors (Lipinski definition) is 0. The molecular formula is C14H22BrNO. The quantitative estimate of drug-likeness (QED) is 0.701. The zero-order chi connectivity index (χ0) is 12.5. The van der Waals surface area contributed by atoms with Gasteiger partial charge in [-0.3, -0.25) is 4.98 Å². The van der Waals surface area contributed by atoms with Crippen LogP contribution in [0.5, 0.6) is 0 Å². The van der Waals surface area contributed by atoms with E-state index in [1.165, 1.54) is 25.7 Å². The topological polar surface area (TPSA) is 22.1 Å². The van der Waals surface area contributed by atoms with Gasteiger partial charge in [0.15, 0.2) is 0 Å². The van der Waals surface area contributed by atoms with Gasteiger partial charge in [-0.05, 0) is 39.9 Å². The molecule has 1 unspecified atom stereocenters. The monoisotopic (exact) mass is 299 g/mol. The molecule has 0 bridgehead atoms. The fraction of sp³-hybridized carbons (Fsp3) is 0.643. The summed E-state index contributed by atoms with van der Waals surface area (Å²) in [6.45, 7) is 6.00. The molecule has 0 radical (unpaired) electrons. The highest BCUT2D eigenvalue weighted by molar-refractivity contribution is 9.10. The van der Waals surface area contributed by atoms with E-state index in [0.717, 1.165) is 16.6 Å². The molecule has 1 aromatic rings. The van der Waals surface area contributed by atoms with Crippen molar-refractivity contribution in [2.75, 3.05) is 6.61 Å². The predicted molar refractivity (Wildman–Crippen MR) is 74.9 cm³/mol. The second kappa shape index (κ2) is 8.65. The minimum atomic E-state index is 0.662. The molecule has 3 heteroatoms. The van der Waals surface area contributed by atoms with Crippen LogP contribution in [0.2, 0.25) is 0 Å². The molecule has 0 amide bonds. The molecule has 1 rings (SSSR count). The van der Waals surface area contributed by atoms with Gasteiger partial charge < -0.3 is 4.74 Å². The van der Waals surface area contributed by atoms with E-state index in [9.17, 15) is 0 Å². The lowest BCUT2D eigenvalue weighted by Crippen LogP contribution is -2.09. The van der Waals surface area contributed by atoms with Gasteiger partial charge in [0.2, 0.25) is 0 Å². The Balaban J connectivity index is 2.26. The summed E-state index contributed by atoms with van der Waals surface area (Å²) in [6.07, 6.45) is 8.71. The van der Waals surface area contributed by atoms with Crippen LogP contribution >= 0.6 is 15.9 Å². The van der Waals surface area contributed by atoms with E-state index in [-0.39, 0.29) is 0 Å². The van der Waals surface area contributed by atoms with Gasteiger partial charge in [-0.15, -0.1) is 0 Å². The second-order valence-corrected chi connectivity index (χ2v) is 5.36. The molecule has 0 aliphatic carbocycles. The summed E-state index contributed by atoms with van der Waals surface area (Å²) in [4.78, 5) is 4.12. The maximum Gasteiger partial charge on any atom is 0.0732 e. The van der Waals surface area contributed by atoms with Crippen molar-refractivity contribution >= 4 is 15.9 Å². The Bertz CT molecular complexity index is 317. The molecule has 2 nitrogen and oxygen atoms in total. The predicted octanol–water partition coefficient (Wildman–Crippen LogP) is 4.58. The number of aromatic nitrogens is 1. The zero-order valence-electron chi connectivity index (χ0n) is 10.8. The van der Waals surface area contributed by atoms with Crippen LogP contribution in [0.4, 0.5) is 0 Å². The van der Waals surface area contributed by atoms with Gasteiger partial charge in [0.05, 0.1) is 6.61 Å². The average molecular weight is 300 g/mol. The average Bonchev–Trinajstić information content (AvgIpc) is 2.33. The summed E-state index contributed by atoms with van der Waals surface area (Å²) in [5.41, 5.74) is 1.13. The van der Waals surface area contributed by atoms with Crippen molar-refractivity contribution < 1.29 is 4.74 Å². The van der Waals surface area contributed by atoms with E-state index in [2.05, 4.69) is 40.8 Å². The fourth-order valence-corrected chi connectivity index (χ4v) is 2.19. The summed E-state index contributed by atoms with van der Waals surface area (Å²) in [5, 5.41) is 0. The first-order chi connectivity index (χ1) is 8.26. The molecule has 0 aliphatic heterocycles. The molecule has 1 atom stereocenters. The Morgan fingerprint density at radius 3 is 2.82 bits per heavy atom. The molecule has 0 N–H and O–H groups in total. The number of hydrogen-bond acceptors (Lipinski definition) is 2. The van der Waals surface area contributed by atoms with Crippen molar-refractivity contribution in [1.82, 2.24) is 4.98 Å². The van der Waals surface area contributed by atoms with Gasteiger partial charge in [0.1, 0.15) is 0 Å². The van der Waals surface area contributed by atoms with Crippen molar-refractivity contribution in [3.05, 3.63) is 28.5 Å². The third-order valence-electron chi connectivity index (χ3n) is 2.93. The minimum Gasteiger partial charge on any atom is -0.376 e. The molecule has 0 aromatic carbocycles. The van der Waals surface area contributed by atoms with Crippen molar-refractivity contribution in [2.24, 2.45) is 5.92 Å². The van der Waals surface area contributed by atoms with E-state index in [1.54, 1.807) is 6.20 Å². The third kappa shape index (κ3) is 6.18. The largest absolute Gasteiger partial charge is 0.376 e. The Morgan fingerprint density at radius 2 is 2.18 bits per heavy atom. The maximum absolute atomic E-state index is 5.76. The van der Waals surface area contributed by atoms with E-state index < -0.39 is 0 Å². The summed E-state index contributed by atoms with van der Waals surface area (Å²) in [7, 11) is 0. The normalized spacial score (nSPS) is 12.6. The van der Waals surface area contributed by atoms with E-state index in [0.29, 0.717) is 12.5 Å². The SMILES string of the molecule is CCCCC(CC)COCc1cncc(Br)c1. The molecule has 96 valence electrons. The van der Waals surface area contributed by atoms with Crippen molar-refractivity contribution in [2.45, 2.75) is 46.1 Å². The molecule has 0 saturated carbocycles. The van der Waals surface area contributed by atoms with Crippen molar-refractivity contribution in [3.63, 3.8) is 0 Å². The van der Waals surface area contributed by atoms with Crippen molar-refractivity contribution in [1.29, 1.82) is 0 Å². The van der Waals surface area contributed by atoms with Gasteiger partial charge in [-0.25, -0.2) is 0 Å². The standard InChI is InChI=1S/C14H22BrNO/c1-3-5-6-12(4-2)10-17-11-13-7-14(15)9-16-8-13/h7-9,12H,3-6,10-11H2,1-2H3. The number of pyridine rings is 1. The molecule has 0 spiro atoms. The lowest BCUT2D eigenvalue weighted by molar-refractivity contribution is 0.0818. The summed E-state index contributed by atoms with van der Waals surface area (Å²) in [5.74, 6) is 0.704. The van der Waals surface area contributed by atoms with Crippen LogP contribution in [0.3, 0.4) is 0 Å². The Kier molecular flexibility index (Phi) is 7.45. The lowest BCUT2D eigenvalue weighted by atomic mass is 10.0. The molecular weight excluding hydrogens is 278 g/mol. The molecule has 17 heavy (non-hydrogen) atoms. The molecule has 0 fully saturated rings. The highest BCUT2D eigenvalue weighted by Crippen LogP contribution is 2.15. The second-order valence-electron chi connectivity index (χ2n) is 4.44. The Morgan fingerprint density at radius 1 is 1.35 bits per heavy atom. The maximum atomic E-state index is 5.76. The number of unbranched alkanes of at least 4 members (excludes halogenated alkanes) is 1. The number of nitrogens with zero attached hydrogens (tertiary/aromatic N) is 1. The number of ether oxygens (including phenoxy) is 1. The van der Waals surface area contributed by atoms with E-state index in [1.807, 2.05) is 6.20 Å². The minimum absolute atomic E-state index is 0.662. The third-order valence-corrected chi connectivity index (χ3v) is 3.36. The van der Waals surface area contributed by atoms with Gasteiger partial charge in [-0.2, -0.15) is 0 Å². The van der Waals surface area contributed by atoms with E-state index >= 15 is 0 Å². The summed E-state index contributed by atoms with van der Waals surface area (Å²) in [6, 6.07) is 2.06. The molecule has 1 heterocycles. The smallest absolute Gasteiger partial charge is 0.0732 e. The molecule has 0 saturated heterocycles. The zero-order valence-corrected chi connectivity index (χ0v) is 12.4. The van der Waals surface area contributed by atoms with Crippen LogP contribution in [0, 0.1) is 5.92 Å². The first-order valence-corrected chi connectivity index (χ1v) is 7.22.